The molecule has 3 nitrogen and oxygen atoms in total. The van der Waals surface area contributed by atoms with Crippen LogP contribution in [0.25, 0.3) is 0 Å². The first-order valence-corrected chi connectivity index (χ1v) is 4.43. The number of nitrogens with one attached hydrogen (secondary N) is 1. The van der Waals surface area contributed by atoms with Gasteiger partial charge in [0, 0.05) is 11.9 Å². The fourth-order valence-electron chi connectivity index (χ4n) is 1.08. The topological polar surface area (TPSA) is 52.9 Å². The monoisotopic (exact) mass is 208 g/mol. The molecular formula is C10H9ClN2O. The fourth-order valence-corrected chi connectivity index (χ4v) is 1.28. The third kappa shape index (κ3) is 2.75. The number of hydrogen-bond donors (Lipinski definition) is 1. The molecule has 0 aromatic heterocycles. The van der Waals surface area contributed by atoms with Crippen molar-refractivity contribution in [1.82, 2.24) is 5.32 Å². The van der Waals surface area contributed by atoms with Gasteiger partial charge in [-0.3, -0.25) is 4.79 Å². The standard InChI is InChI=1S/C10H9ClN2O/c1-7(14)13-10(6-12)8-3-2-4-9(11)5-8/h2-5,10H,1H3,(H,13,14). The first kappa shape index (κ1) is 10.6. The Morgan fingerprint density at radius 2 is 2.36 bits per heavy atom. The third-order valence-corrected chi connectivity index (χ3v) is 1.89. The van der Waals surface area contributed by atoms with Gasteiger partial charge in [-0.25, -0.2) is 0 Å². The zero-order valence-corrected chi connectivity index (χ0v) is 8.38. The highest BCUT2D eigenvalue weighted by Crippen LogP contribution is 2.16. The van der Waals surface area contributed by atoms with Crippen molar-refractivity contribution in [3.63, 3.8) is 0 Å². The Kier molecular flexibility index (Phi) is 3.49. The van der Waals surface area contributed by atoms with Crippen molar-refractivity contribution in [3.05, 3.63) is 34.9 Å². The summed E-state index contributed by atoms with van der Waals surface area (Å²) in [4.78, 5) is 10.8. The number of nitrogens with zero attached hydrogens (tertiary/aromatic N) is 1. The smallest absolute Gasteiger partial charge is 0.218 e. The SMILES string of the molecule is CC(=O)NC(C#N)c1cccc(Cl)c1. The molecule has 1 atom stereocenters. The third-order valence-electron chi connectivity index (χ3n) is 1.66. The van der Waals surface area contributed by atoms with Gasteiger partial charge in [0.25, 0.3) is 0 Å². The predicted molar refractivity (Wildman–Crippen MR) is 53.6 cm³/mol. The molecule has 0 radical (unpaired) electrons. The summed E-state index contributed by atoms with van der Waals surface area (Å²) in [5.74, 6) is -0.239. The minimum Gasteiger partial charge on any atom is -0.337 e. The first-order valence-electron chi connectivity index (χ1n) is 4.05. The molecule has 0 heterocycles. The number of halogens is 1. The normalized spacial score (nSPS) is 11.5. The summed E-state index contributed by atoms with van der Waals surface area (Å²) in [6.07, 6.45) is 0. The highest BCUT2D eigenvalue weighted by molar-refractivity contribution is 6.30. The number of nitriles is 1. The van der Waals surface area contributed by atoms with Gasteiger partial charge < -0.3 is 5.32 Å². The Morgan fingerprint density at radius 1 is 1.64 bits per heavy atom. The summed E-state index contributed by atoms with van der Waals surface area (Å²) < 4.78 is 0. The van der Waals surface area contributed by atoms with E-state index >= 15 is 0 Å². The summed E-state index contributed by atoms with van der Waals surface area (Å²) in [7, 11) is 0. The van der Waals surface area contributed by atoms with Gasteiger partial charge in [0.15, 0.2) is 0 Å². The average molecular weight is 209 g/mol. The molecule has 4 heteroatoms. The second kappa shape index (κ2) is 4.64. The van der Waals surface area contributed by atoms with Crippen molar-refractivity contribution in [2.75, 3.05) is 0 Å². The van der Waals surface area contributed by atoms with Crippen LogP contribution in [0, 0.1) is 11.3 Å². The molecule has 1 N–H and O–H groups in total. The van der Waals surface area contributed by atoms with Gasteiger partial charge in [-0.15, -0.1) is 0 Å². The van der Waals surface area contributed by atoms with Crippen LogP contribution in [0.5, 0.6) is 0 Å². The van der Waals surface area contributed by atoms with E-state index in [1.807, 2.05) is 6.07 Å². The molecule has 0 spiro atoms. The van der Waals surface area contributed by atoms with Crippen LogP contribution < -0.4 is 5.32 Å². The number of carbonyl (C=O) groups excluding carboxylic acids is 1. The number of hydrogen-bond acceptors (Lipinski definition) is 2. The van der Waals surface area contributed by atoms with Gasteiger partial charge >= 0.3 is 0 Å². The van der Waals surface area contributed by atoms with Gasteiger partial charge in [-0.1, -0.05) is 23.7 Å². The summed E-state index contributed by atoms with van der Waals surface area (Å²) in [6, 6.07) is 8.21. The van der Waals surface area contributed by atoms with Gasteiger partial charge in [-0.2, -0.15) is 5.26 Å². The van der Waals surface area contributed by atoms with E-state index in [0.717, 1.165) is 0 Å². The molecule has 0 aliphatic carbocycles. The van der Waals surface area contributed by atoms with E-state index in [1.165, 1.54) is 6.92 Å². The Labute approximate surface area is 87.3 Å². The van der Waals surface area contributed by atoms with Crippen molar-refractivity contribution < 1.29 is 4.79 Å². The molecule has 1 amide bonds. The molecule has 72 valence electrons. The lowest BCUT2D eigenvalue weighted by Crippen LogP contribution is -2.24. The van der Waals surface area contributed by atoms with Crippen LogP contribution >= 0.6 is 11.6 Å². The Morgan fingerprint density at radius 3 is 2.86 bits per heavy atom. The predicted octanol–water partition coefficient (Wildman–Crippen LogP) is 2.04. The van der Waals surface area contributed by atoms with Crippen molar-refractivity contribution in [3.8, 4) is 6.07 Å². The van der Waals surface area contributed by atoms with Gasteiger partial charge in [0.1, 0.15) is 6.04 Å². The van der Waals surface area contributed by atoms with E-state index in [1.54, 1.807) is 24.3 Å². The minimum atomic E-state index is -0.633. The summed E-state index contributed by atoms with van der Waals surface area (Å²) in [5, 5.41) is 11.9. The lowest BCUT2D eigenvalue weighted by Gasteiger charge is -2.09. The van der Waals surface area contributed by atoms with Crippen molar-refractivity contribution >= 4 is 17.5 Å². The molecule has 0 aliphatic rings. The highest BCUT2D eigenvalue weighted by atomic mass is 35.5. The largest absolute Gasteiger partial charge is 0.337 e. The summed E-state index contributed by atoms with van der Waals surface area (Å²) in [6.45, 7) is 1.37. The van der Waals surface area contributed by atoms with E-state index in [4.69, 9.17) is 16.9 Å². The van der Waals surface area contributed by atoms with E-state index in [2.05, 4.69) is 5.32 Å². The van der Waals surface area contributed by atoms with E-state index in [-0.39, 0.29) is 5.91 Å². The molecule has 0 saturated heterocycles. The molecule has 0 fully saturated rings. The Balaban J connectivity index is 2.90. The molecule has 0 saturated carbocycles. The van der Waals surface area contributed by atoms with E-state index < -0.39 is 6.04 Å². The first-order chi connectivity index (χ1) is 6.63. The van der Waals surface area contributed by atoms with E-state index in [0.29, 0.717) is 10.6 Å². The highest BCUT2D eigenvalue weighted by Gasteiger charge is 2.10. The number of carbonyl (C=O) groups is 1. The molecule has 0 aliphatic heterocycles. The maximum atomic E-state index is 10.8. The van der Waals surface area contributed by atoms with Crippen molar-refractivity contribution in [1.29, 1.82) is 5.26 Å². The Hall–Kier alpha value is -1.53. The average Bonchev–Trinajstić information content (AvgIpc) is 2.14. The van der Waals surface area contributed by atoms with Gasteiger partial charge in [0.05, 0.1) is 6.07 Å². The van der Waals surface area contributed by atoms with Crippen LogP contribution in [0.1, 0.15) is 18.5 Å². The zero-order valence-electron chi connectivity index (χ0n) is 7.62. The van der Waals surface area contributed by atoms with Crippen LogP contribution in [0.15, 0.2) is 24.3 Å². The van der Waals surface area contributed by atoms with Crippen molar-refractivity contribution in [2.45, 2.75) is 13.0 Å². The molecule has 1 aromatic carbocycles. The van der Waals surface area contributed by atoms with Gasteiger partial charge in [0.2, 0.25) is 5.91 Å². The molecule has 0 bridgehead atoms. The van der Waals surface area contributed by atoms with Crippen LogP contribution in [0.2, 0.25) is 5.02 Å². The number of rotatable bonds is 2. The molecule has 1 rings (SSSR count). The molecule has 14 heavy (non-hydrogen) atoms. The number of benzene rings is 1. The fraction of sp³-hybridized carbons (Fsp3) is 0.200. The molecule has 1 aromatic rings. The molecule has 1 unspecified atom stereocenters. The zero-order chi connectivity index (χ0) is 10.6. The van der Waals surface area contributed by atoms with Crippen molar-refractivity contribution in [2.24, 2.45) is 0 Å². The van der Waals surface area contributed by atoms with Crippen LogP contribution in [-0.4, -0.2) is 5.91 Å². The quantitative estimate of drug-likeness (QED) is 0.809. The lowest BCUT2D eigenvalue weighted by atomic mass is 10.1. The Bertz CT molecular complexity index is 384. The summed E-state index contributed by atoms with van der Waals surface area (Å²) in [5.41, 5.74) is 0.690. The molecular weight excluding hydrogens is 200 g/mol. The van der Waals surface area contributed by atoms with E-state index in [9.17, 15) is 4.79 Å². The minimum absolute atomic E-state index is 0.239. The van der Waals surface area contributed by atoms with Crippen LogP contribution in [0.3, 0.4) is 0 Å². The lowest BCUT2D eigenvalue weighted by molar-refractivity contribution is -0.119. The second-order valence-electron chi connectivity index (χ2n) is 2.82. The maximum absolute atomic E-state index is 10.8. The number of amides is 1. The van der Waals surface area contributed by atoms with Crippen LogP contribution in [-0.2, 0) is 4.79 Å². The second-order valence-corrected chi connectivity index (χ2v) is 3.25. The van der Waals surface area contributed by atoms with Gasteiger partial charge in [-0.05, 0) is 17.7 Å². The maximum Gasteiger partial charge on any atom is 0.218 e. The summed E-state index contributed by atoms with van der Waals surface area (Å²) >= 11 is 5.76. The van der Waals surface area contributed by atoms with Crippen LogP contribution in [0.4, 0.5) is 0 Å².